The molecule has 2 saturated heterocycles. The molecular weight excluding hydrogens is 388 g/mol. The molecule has 0 unspecified atom stereocenters. The Morgan fingerprint density at radius 1 is 0.871 bits per heavy atom. The third-order valence-electron chi connectivity index (χ3n) is 7.26. The molecule has 3 aliphatic rings. The first kappa shape index (κ1) is 20.6. The van der Waals surface area contributed by atoms with Crippen molar-refractivity contribution in [3.8, 4) is 0 Å². The third kappa shape index (κ3) is 4.12. The van der Waals surface area contributed by atoms with Crippen molar-refractivity contribution >= 4 is 22.8 Å². The van der Waals surface area contributed by atoms with Gasteiger partial charge in [-0.1, -0.05) is 19.3 Å². The van der Waals surface area contributed by atoms with Crippen LogP contribution in [-0.4, -0.2) is 76.0 Å². The quantitative estimate of drug-likeness (QED) is 0.756. The highest BCUT2D eigenvalue weighted by Crippen LogP contribution is 2.30. The molecule has 0 aromatic carbocycles. The minimum absolute atomic E-state index is 0.0494. The van der Waals surface area contributed by atoms with Crippen molar-refractivity contribution in [2.24, 2.45) is 0 Å². The van der Waals surface area contributed by atoms with E-state index >= 15 is 0 Å². The molecule has 3 fully saturated rings. The van der Waals surface area contributed by atoms with E-state index in [4.69, 9.17) is 4.98 Å². The Bertz CT molecular complexity index is 956. The van der Waals surface area contributed by atoms with Gasteiger partial charge in [-0.15, -0.1) is 0 Å². The summed E-state index contributed by atoms with van der Waals surface area (Å²) >= 11 is 0. The van der Waals surface area contributed by atoms with Crippen molar-refractivity contribution in [1.29, 1.82) is 0 Å². The number of hydrogen-bond donors (Lipinski definition) is 0. The van der Waals surface area contributed by atoms with Gasteiger partial charge in [0.25, 0.3) is 5.91 Å². The van der Waals surface area contributed by atoms with Gasteiger partial charge < -0.3 is 9.80 Å². The number of aryl methyl sites for hydroxylation is 2. The summed E-state index contributed by atoms with van der Waals surface area (Å²) in [6.45, 7) is 9.47. The highest BCUT2D eigenvalue weighted by molar-refractivity contribution is 5.97. The third-order valence-corrected chi connectivity index (χ3v) is 7.26. The van der Waals surface area contributed by atoms with Crippen LogP contribution in [0.3, 0.4) is 0 Å². The van der Waals surface area contributed by atoms with Crippen molar-refractivity contribution in [1.82, 2.24) is 24.8 Å². The lowest BCUT2D eigenvalue weighted by Gasteiger charge is -2.40. The van der Waals surface area contributed by atoms with E-state index in [1.54, 1.807) is 0 Å². The number of aromatic nitrogens is 3. The fraction of sp³-hybridized carbons (Fsp3) is 0.667. The summed E-state index contributed by atoms with van der Waals surface area (Å²) in [6, 6.07) is 2.79. The second-order valence-corrected chi connectivity index (χ2v) is 9.46. The lowest BCUT2D eigenvalue weighted by Crippen LogP contribution is -2.52. The fourth-order valence-electron chi connectivity index (χ4n) is 5.59. The second kappa shape index (κ2) is 8.69. The summed E-state index contributed by atoms with van der Waals surface area (Å²) in [6.07, 6.45) is 9.02. The summed E-state index contributed by atoms with van der Waals surface area (Å²) in [5.74, 6) is 1.14. The highest BCUT2D eigenvalue weighted by Gasteiger charge is 2.30. The van der Waals surface area contributed by atoms with Gasteiger partial charge in [0.15, 0.2) is 5.65 Å². The molecule has 7 nitrogen and oxygen atoms in total. The van der Waals surface area contributed by atoms with Crippen LogP contribution in [0, 0.1) is 13.8 Å². The van der Waals surface area contributed by atoms with Gasteiger partial charge in [-0.05, 0) is 51.2 Å². The standard InChI is InChI=1S/C24H34N6O/c1-17-16-18(2)25-21-20(17)23(29-10-6-7-11-29)27-22(26-21)24(31)30-14-12-28(13-15-30)19-8-4-3-5-9-19/h16,19H,3-15H2,1-2H3. The van der Waals surface area contributed by atoms with Gasteiger partial charge in [-0.25, -0.2) is 15.0 Å². The topological polar surface area (TPSA) is 65.5 Å². The maximum absolute atomic E-state index is 13.4. The van der Waals surface area contributed by atoms with E-state index in [1.165, 1.54) is 32.1 Å². The first-order valence-electron chi connectivity index (χ1n) is 12.0. The minimum atomic E-state index is -0.0494. The molecule has 4 heterocycles. The number of nitrogens with zero attached hydrogens (tertiary/aromatic N) is 6. The summed E-state index contributed by atoms with van der Waals surface area (Å²) in [4.78, 5) is 34.4. The zero-order valence-corrected chi connectivity index (χ0v) is 18.9. The number of carbonyl (C=O) groups is 1. The summed E-state index contributed by atoms with van der Waals surface area (Å²) in [5.41, 5.74) is 2.71. The number of hydrogen-bond acceptors (Lipinski definition) is 6. The maximum Gasteiger partial charge on any atom is 0.291 e. The van der Waals surface area contributed by atoms with Gasteiger partial charge in [0, 0.05) is 51.0 Å². The minimum Gasteiger partial charge on any atom is -0.356 e. The van der Waals surface area contributed by atoms with Crippen LogP contribution in [-0.2, 0) is 0 Å². The summed E-state index contributed by atoms with van der Waals surface area (Å²) in [7, 11) is 0. The number of carbonyl (C=O) groups excluding carboxylic acids is 1. The van der Waals surface area contributed by atoms with Crippen LogP contribution in [0.15, 0.2) is 6.07 Å². The van der Waals surface area contributed by atoms with E-state index in [0.717, 1.165) is 74.6 Å². The number of piperazine rings is 1. The Labute approximate surface area is 184 Å². The lowest BCUT2D eigenvalue weighted by molar-refractivity contribution is 0.0513. The molecule has 31 heavy (non-hydrogen) atoms. The Morgan fingerprint density at radius 2 is 1.58 bits per heavy atom. The van der Waals surface area contributed by atoms with E-state index in [1.807, 2.05) is 11.8 Å². The van der Waals surface area contributed by atoms with E-state index < -0.39 is 0 Å². The smallest absolute Gasteiger partial charge is 0.291 e. The molecule has 5 rings (SSSR count). The van der Waals surface area contributed by atoms with Crippen LogP contribution in [0.4, 0.5) is 5.82 Å². The Morgan fingerprint density at radius 3 is 2.29 bits per heavy atom. The zero-order valence-electron chi connectivity index (χ0n) is 18.9. The Hall–Kier alpha value is -2.28. The number of pyridine rings is 1. The van der Waals surface area contributed by atoms with Gasteiger partial charge in [-0.3, -0.25) is 9.69 Å². The van der Waals surface area contributed by atoms with Crippen LogP contribution in [0.2, 0.25) is 0 Å². The number of anilines is 1. The largest absolute Gasteiger partial charge is 0.356 e. The molecule has 0 bridgehead atoms. The van der Waals surface area contributed by atoms with Crippen LogP contribution >= 0.6 is 0 Å². The van der Waals surface area contributed by atoms with Gasteiger partial charge in [0.1, 0.15) is 5.82 Å². The molecule has 0 radical (unpaired) electrons. The van der Waals surface area contributed by atoms with E-state index in [2.05, 4.69) is 32.8 Å². The second-order valence-electron chi connectivity index (χ2n) is 9.46. The number of rotatable bonds is 3. The van der Waals surface area contributed by atoms with Gasteiger partial charge in [0.05, 0.1) is 5.39 Å². The molecule has 1 aliphatic carbocycles. The Kier molecular flexibility index (Phi) is 5.78. The van der Waals surface area contributed by atoms with Crippen molar-refractivity contribution in [3.05, 3.63) is 23.1 Å². The molecule has 7 heteroatoms. The van der Waals surface area contributed by atoms with E-state index in [9.17, 15) is 4.79 Å². The molecule has 1 amide bonds. The molecule has 0 atom stereocenters. The van der Waals surface area contributed by atoms with Gasteiger partial charge in [0.2, 0.25) is 5.82 Å². The molecule has 2 aromatic heterocycles. The average Bonchev–Trinajstić information content (AvgIpc) is 3.33. The van der Waals surface area contributed by atoms with Crippen molar-refractivity contribution in [2.45, 2.75) is 64.8 Å². The van der Waals surface area contributed by atoms with Gasteiger partial charge >= 0.3 is 0 Å². The van der Waals surface area contributed by atoms with Crippen molar-refractivity contribution in [2.75, 3.05) is 44.2 Å². The van der Waals surface area contributed by atoms with Crippen LogP contribution in [0.25, 0.3) is 11.0 Å². The summed E-state index contributed by atoms with van der Waals surface area (Å²) in [5, 5.41) is 0.992. The average molecular weight is 423 g/mol. The van der Waals surface area contributed by atoms with Gasteiger partial charge in [-0.2, -0.15) is 0 Å². The number of amides is 1. The Balaban J connectivity index is 1.40. The SMILES string of the molecule is Cc1cc(C)c2c(N3CCCC3)nc(C(=O)N3CCN(C4CCCCC4)CC3)nc2n1. The van der Waals surface area contributed by atoms with Crippen LogP contribution in [0.1, 0.15) is 66.8 Å². The summed E-state index contributed by atoms with van der Waals surface area (Å²) < 4.78 is 0. The molecular formula is C24H34N6O. The zero-order chi connectivity index (χ0) is 21.4. The molecule has 1 saturated carbocycles. The molecule has 2 aromatic rings. The highest BCUT2D eigenvalue weighted by atomic mass is 16.2. The predicted molar refractivity (Wildman–Crippen MR) is 123 cm³/mol. The molecule has 0 N–H and O–H groups in total. The number of fused-ring (bicyclic) bond motifs is 1. The molecule has 166 valence electrons. The monoisotopic (exact) mass is 422 g/mol. The molecule has 0 spiro atoms. The van der Waals surface area contributed by atoms with E-state index in [-0.39, 0.29) is 5.91 Å². The van der Waals surface area contributed by atoms with E-state index in [0.29, 0.717) is 17.5 Å². The maximum atomic E-state index is 13.4. The normalized spacial score (nSPS) is 21.2. The van der Waals surface area contributed by atoms with Crippen LogP contribution < -0.4 is 4.90 Å². The van der Waals surface area contributed by atoms with Crippen LogP contribution in [0.5, 0.6) is 0 Å². The fourth-order valence-corrected chi connectivity index (χ4v) is 5.59. The van der Waals surface area contributed by atoms with Crippen molar-refractivity contribution < 1.29 is 4.79 Å². The lowest BCUT2D eigenvalue weighted by atomic mass is 9.94. The first-order chi connectivity index (χ1) is 15.1. The van der Waals surface area contributed by atoms with Crippen molar-refractivity contribution in [3.63, 3.8) is 0 Å². The predicted octanol–water partition coefficient (Wildman–Crippen LogP) is 3.33. The molecule has 2 aliphatic heterocycles. The first-order valence-corrected chi connectivity index (χ1v) is 12.0.